The lowest BCUT2D eigenvalue weighted by molar-refractivity contribution is -0.145. The van der Waals surface area contributed by atoms with Gasteiger partial charge in [-0.15, -0.1) is 0 Å². The summed E-state index contributed by atoms with van der Waals surface area (Å²) in [6.07, 6.45) is 19.7. The molecule has 0 fully saturated rings. The molecule has 0 aromatic heterocycles. The first-order chi connectivity index (χ1) is 9.66. The van der Waals surface area contributed by atoms with Crippen molar-refractivity contribution in [3.8, 4) is 0 Å². The number of rotatable bonds is 12. The van der Waals surface area contributed by atoms with Gasteiger partial charge in [0.15, 0.2) is 0 Å². The summed E-state index contributed by atoms with van der Waals surface area (Å²) < 4.78 is 5.09. The van der Waals surface area contributed by atoms with Crippen molar-refractivity contribution in [3.63, 3.8) is 0 Å². The molecule has 116 valence electrons. The van der Waals surface area contributed by atoms with Gasteiger partial charge >= 0.3 is 5.97 Å². The van der Waals surface area contributed by atoms with Crippen molar-refractivity contribution in [1.29, 1.82) is 0 Å². The molecule has 0 aromatic carbocycles. The molecule has 1 unspecified atom stereocenters. The van der Waals surface area contributed by atoms with Crippen molar-refractivity contribution < 1.29 is 9.53 Å². The highest BCUT2D eigenvalue weighted by molar-refractivity contribution is 5.66. The molecule has 0 rings (SSSR count). The van der Waals surface area contributed by atoms with Crippen molar-refractivity contribution in [2.75, 3.05) is 0 Å². The van der Waals surface area contributed by atoms with Gasteiger partial charge in [-0.05, 0) is 51.9 Å². The summed E-state index contributed by atoms with van der Waals surface area (Å²) in [6.45, 7) is 5.65. The molecule has 2 nitrogen and oxygen atoms in total. The Kier molecular flexibility index (Phi) is 13.6. The summed E-state index contributed by atoms with van der Waals surface area (Å²) in [5, 5.41) is 0. The molecule has 0 aliphatic carbocycles. The van der Waals surface area contributed by atoms with Gasteiger partial charge in [-0.2, -0.15) is 0 Å². The third kappa shape index (κ3) is 15.0. The van der Waals surface area contributed by atoms with E-state index in [1.807, 2.05) is 6.92 Å². The third-order valence-corrected chi connectivity index (χ3v) is 3.16. The van der Waals surface area contributed by atoms with Crippen LogP contribution in [0.15, 0.2) is 24.3 Å². The van der Waals surface area contributed by atoms with E-state index < -0.39 is 0 Å². The Morgan fingerprint density at radius 2 is 1.50 bits per heavy atom. The molecule has 0 heterocycles. The van der Waals surface area contributed by atoms with E-state index in [2.05, 4.69) is 31.2 Å². The van der Waals surface area contributed by atoms with Crippen LogP contribution < -0.4 is 0 Å². The second kappa shape index (κ2) is 14.4. The molecular formula is C18H32O2. The molecule has 20 heavy (non-hydrogen) atoms. The Bertz CT molecular complexity index is 279. The summed E-state index contributed by atoms with van der Waals surface area (Å²) >= 11 is 0. The smallest absolute Gasteiger partial charge is 0.302 e. The Morgan fingerprint density at radius 1 is 0.950 bits per heavy atom. The number of carbonyl (C=O) groups is 1. The number of unbranched alkanes of at least 4 members (excludes halogenated alkanes) is 5. The maximum absolute atomic E-state index is 10.7. The molecule has 0 saturated carbocycles. The molecule has 0 saturated heterocycles. The van der Waals surface area contributed by atoms with Crippen LogP contribution >= 0.6 is 0 Å². The number of hydrogen-bond donors (Lipinski definition) is 0. The molecule has 0 amide bonds. The maximum Gasteiger partial charge on any atom is 0.302 e. The van der Waals surface area contributed by atoms with E-state index in [1.165, 1.54) is 32.6 Å². The van der Waals surface area contributed by atoms with E-state index in [4.69, 9.17) is 4.74 Å². The number of carbonyl (C=O) groups excluding carboxylic acids is 1. The predicted octanol–water partition coefficient (Wildman–Crippen LogP) is 5.58. The lowest BCUT2D eigenvalue weighted by Crippen LogP contribution is -2.11. The first-order valence-corrected chi connectivity index (χ1v) is 8.14. The van der Waals surface area contributed by atoms with Crippen LogP contribution in [0.3, 0.4) is 0 Å². The number of allylic oxidation sites excluding steroid dienone is 4. The predicted molar refractivity (Wildman–Crippen MR) is 86.7 cm³/mol. The van der Waals surface area contributed by atoms with Gasteiger partial charge in [0, 0.05) is 6.92 Å². The zero-order chi connectivity index (χ0) is 15.1. The molecule has 2 heteroatoms. The Morgan fingerprint density at radius 3 is 2.05 bits per heavy atom. The lowest BCUT2D eigenvalue weighted by atomic mass is 10.1. The van der Waals surface area contributed by atoms with Gasteiger partial charge in [0.2, 0.25) is 0 Å². The van der Waals surface area contributed by atoms with Crippen LogP contribution in [0.2, 0.25) is 0 Å². The van der Waals surface area contributed by atoms with E-state index in [1.54, 1.807) is 0 Å². The summed E-state index contributed by atoms with van der Waals surface area (Å²) in [5.74, 6) is -0.176. The number of hydrogen-bond acceptors (Lipinski definition) is 2. The van der Waals surface area contributed by atoms with Crippen LogP contribution in [0.25, 0.3) is 0 Å². The topological polar surface area (TPSA) is 26.3 Å². The number of ether oxygens (including phenoxy) is 1. The average Bonchev–Trinajstić information content (AvgIpc) is 2.39. The molecule has 0 aromatic rings. The second-order valence-electron chi connectivity index (χ2n) is 5.37. The summed E-state index contributed by atoms with van der Waals surface area (Å²) in [5.41, 5.74) is 0. The Hall–Kier alpha value is -1.05. The minimum absolute atomic E-state index is 0.0599. The van der Waals surface area contributed by atoms with Crippen LogP contribution in [-0.4, -0.2) is 12.1 Å². The summed E-state index contributed by atoms with van der Waals surface area (Å²) in [4.78, 5) is 10.7. The fraction of sp³-hybridized carbons (Fsp3) is 0.722. The van der Waals surface area contributed by atoms with Crippen molar-refractivity contribution >= 4 is 5.97 Å². The molecule has 0 bridgehead atoms. The molecule has 0 aliphatic heterocycles. The molecule has 0 radical (unpaired) electrons. The highest BCUT2D eigenvalue weighted by Gasteiger charge is 2.03. The van der Waals surface area contributed by atoms with E-state index in [0.717, 1.165) is 32.1 Å². The fourth-order valence-corrected chi connectivity index (χ4v) is 2.02. The van der Waals surface area contributed by atoms with Crippen LogP contribution in [0, 0.1) is 0 Å². The zero-order valence-corrected chi connectivity index (χ0v) is 13.6. The van der Waals surface area contributed by atoms with Gasteiger partial charge < -0.3 is 4.74 Å². The van der Waals surface area contributed by atoms with E-state index in [-0.39, 0.29) is 12.1 Å². The second-order valence-corrected chi connectivity index (χ2v) is 5.37. The Balaban J connectivity index is 3.31. The van der Waals surface area contributed by atoms with Crippen LogP contribution in [-0.2, 0) is 9.53 Å². The summed E-state index contributed by atoms with van der Waals surface area (Å²) in [7, 11) is 0. The van der Waals surface area contributed by atoms with Gasteiger partial charge in [-0.1, -0.05) is 44.1 Å². The average molecular weight is 280 g/mol. The van der Waals surface area contributed by atoms with Gasteiger partial charge in [-0.25, -0.2) is 0 Å². The first-order valence-electron chi connectivity index (χ1n) is 8.14. The largest absolute Gasteiger partial charge is 0.463 e. The third-order valence-electron chi connectivity index (χ3n) is 3.16. The van der Waals surface area contributed by atoms with Gasteiger partial charge in [0.1, 0.15) is 0 Å². The minimum Gasteiger partial charge on any atom is -0.463 e. The van der Waals surface area contributed by atoms with Crippen LogP contribution in [0.1, 0.15) is 78.6 Å². The fourth-order valence-electron chi connectivity index (χ4n) is 2.02. The Labute approximate surface area is 125 Å². The van der Waals surface area contributed by atoms with Gasteiger partial charge in [-0.3, -0.25) is 4.79 Å². The summed E-state index contributed by atoms with van der Waals surface area (Å²) in [6, 6.07) is 0. The monoisotopic (exact) mass is 280 g/mol. The lowest BCUT2D eigenvalue weighted by Gasteiger charge is -2.10. The number of esters is 1. The van der Waals surface area contributed by atoms with Gasteiger partial charge in [0.25, 0.3) is 0 Å². The molecule has 0 aliphatic rings. The zero-order valence-electron chi connectivity index (χ0n) is 13.6. The maximum atomic E-state index is 10.7. The first kappa shape index (κ1) is 18.9. The molecule has 0 spiro atoms. The van der Waals surface area contributed by atoms with Gasteiger partial charge in [0.05, 0.1) is 6.10 Å². The highest BCUT2D eigenvalue weighted by Crippen LogP contribution is 2.07. The van der Waals surface area contributed by atoms with E-state index >= 15 is 0 Å². The van der Waals surface area contributed by atoms with Crippen molar-refractivity contribution in [1.82, 2.24) is 0 Å². The van der Waals surface area contributed by atoms with Crippen LogP contribution in [0.4, 0.5) is 0 Å². The molecule has 1 atom stereocenters. The standard InChI is InChI=1S/C18H32O2/c1-4-5-6-7-8-9-10-11-12-13-14-15-16-17(2)20-18(3)19/h7-8,11-12,17H,4-6,9-10,13-16H2,1-3H3/b8-7?,12-11+. The van der Waals surface area contributed by atoms with E-state index in [9.17, 15) is 4.79 Å². The van der Waals surface area contributed by atoms with Crippen molar-refractivity contribution in [2.24, 2.45) is 0 Å². The van der Waals surface area contributed by atoms with Crippen LogP contribution in [0.5, 0.6) is 0 Å². The normalized spacial score (nSPS) is 13.2. The molecular weight excluding hydrogens is 248 g/mol. The SMILES string of the molecule is CCCCC=CCC/C=C/CCCCC(C)OC(C)=O. The van der Waals surface area contributed by atoms with Crippen molar-refractivity contribution in [3.05, 3.63) is 24.3 Å². The minimum atomic E-state index is -0.176. The highest BCUT2D eigenvalue weighted by atomic mass is 16.5. The van der Waals surface area contributed by atoms with E-state index in [0.29, 0.717) is 0 Å². The quantitative estimate of drug-likeness (QED) is 0.265. The van der Waals surface area contributed by atoms with Crippen molar-refractivity contribution in [2.45, 2.75) is 84.7 Å². The molecule has 0 N–H and O–H groups in total.